The van der Waals surface area contributed by atoms with Crippen molar-refractivity contribution >= 4 is 65.9 Å². The van der Waals surface area contributed by atoms with E-state index in [0.717, 1.165) is 99.3 Å². The molecule has 0 atom stereocenters. The molecule has 4 heterocycles. The quantitative estimate of drug-likeness (QED) is 0.189. The van der Waals surface area contributed by atoms with Crippen molar-refractivity contribution in [3.05, 3.63) is 158 Å². The Kier molecular flexibility index (Phi) is 5.89. The monoisotopic (exact) mass is 654 g/mol. The molecule has 0 radical (unpaired) electrons. The van der Waals surface area contributed by atoms with Crippen LogP contribution >= 0.6 is 0 Å². The summed E-state index contributed by atoms with van der Waals surface area (Å²) in [5.41, 5.74) is 11.8. The number of fused-ring (bicyclic) bond motifs is 9. The van der Waals surface area contributed by atoms with Gasteiger partial charge >= 0.3 is 0 Å². The number of hydrogen-bond donors (Lipinski definition) is 0. The Labute approximate surface area is 291 Å². The molecule has 11 rings (SSSR count). The molecule has 0 aliphatic heterocycles. The van der Waals surface area contributed by atoms with Crippen LogP contribution in [0.2, 0.25) is 0 Å². The zero-order valence-corrected chi connectivity index (χ0v) is 27.1. The van der Waals surface area contributed by atoms with Gasteiger partial charge in [0.25, 0.3) is 0 Å². The maximum atomic E-state index is 6.51. The molecule has 0 unspecified atom stereocenters. The summed E-state index contributed by atoms with van der Waals surface area (Å²) < 4.78 is 19.1. The Morgan fingerprint density at radius 1 is 0.333 bits per heavy atom. The number of hydrogen-bond acceptors (Lipinski definition) is 5. The second-order valence-electron chi connectivity index (χ2n) is 12.9. The minimum Gasteiger partial charge on any atom is -0.456 e. The van der Waals surface area contributed by atoms with Crippen LogP contribution in [0.3, 0.4) is 0 Å². The smallest absolute Gasteiger partial charge is 0.231 e. The molecule has 0 aliphatic rings. The zero-order chi connectivity index (χ0) is 33.5. The molecular weight excluding hydrogens is 629 g/mol. The molecule has 0 spiro atoms. The Balaban J connectivity index is 1.18. The van der Waals surface area contributed by atoms with Crippen molar-refractivity contribution in [2.75, 3.05) is 0 Å². The first-order chi connectivity index (χ1) is 25.2. The van der Waals surface area contributed by atoms with Gasteiger partial charge in [-0.3, -0.25) is 0 Å². The molecule has 11 aromatic rings. The van der Waals surface area contributed by atoms with E-state index in [-0.39, 0.29) is 0 Å². The minimum atomic E-state index is 0.546. The molecule has 0 aliphatic carbocycles. The van der Waals surface area contributed by atoms with Crippen LogP contribution in [0, 0.1) is 0 Å². The molecule has 4 aromatic heterocycles. The first-order valence-corrected chi connectivity index (χ1v) is 17.0. The highest BCUT2D eigenvalue weighted by Gasteiger charge is 2.22. The van der Waals surface area contributed by atoms with Crippen molar-refractivity contribution < 1.29 is 13.3 Å². The predicted molar refractivity (Wildman–Crippen MR) is 206 cm³/mol. The lowest BCUT2D eigenvalue weighted by molar-refractivity contribution is 0.653. The molecule has 0 saturated heterocycles. The number of furan rings is 3. The van der Waals surface area contributed by atoms with Gasteiger partial charge in [0.15, 0.2) is 5.82 Å². The molecule has 0 amide bonds. The third kappa shape index (κ3) is 4.35. The van der Waals surface area contributed by atoms with E-state index in [0.29, 0.717) is 11.5 Å². The van der Waals surface area contributed by atoms with Gasteiger partial charge < -0.3 is 13.3 Å². The number of para-hydroxylation sites is 1. The van der Waals surface area contributed by atoms with Crippen molar-refractivity contribution in [3.8, 4) is 44.9 Å². The van der Waals surface area contributed by atoms with Crippen LogP contribution in [0.15, 0.2) is 171 Å². The maximum Gasteiger partial charge on any atom is 0.231 e. The average molecular weight is 655 g/mol. The van der Waals surface area contributed by atoms with Crippen LogP contribution in [0.25, 0.3) is 111 Å². The van der Waals surface area contributed by atoms with E-state index in [1.54, 1.807) is 0 Å². The highest BCUT2D eigenvalue weighted by atomic mass is 16.3. The van der Waals surface area contributed by atoms with E-state index in [1.165, 1.54) is 0 Å². The molecule has 0 saturated carbocycles. The Hall–Kier alpha value is -6.98. The lowest BCUT2D eigenvalue weighted by Crippen LogP contribution is -1.94. The molecule has 238 valence electrons. The van der Waals surface area contributed by atoms with Gasteiger partial charge in [-0.2, -0.15) is 4.98 Å². The average Bonchev–Trinajstić information content (AvgIpc) is 3.88. The van der Waals surface area contributed by atoms with E-state index < -0.39 is 0 Å². The van der Waals surface area contributed by atoms with Gasteiger partial charge in [-0.05, 0) is 70.8 Å². The maximum absolute atomic E-state index is 6.51. The second kappa shape index (κ2) is 10.8. The summed E-state index contributed by atoms with van der Waals surface area (Å²) in [6.07, 6.45) is 0. The lowest BCUT2D eigenvalue weighted by Gasteiger charge is -2.09. The summed E-state index contributed by atoms with van der Waals surface area (Å²) in [5, 5.41) is 6.05. The van der Waals surface area contributed by atoms with Crippen LogP contribution in [0.5, 0.6) is 0 Å². The van der Waals surface area contributed by atoms with E-state index in [9.17, 15) is 0 Å². The number of benzene rings is 7. The highest BCUT2D eigenvalue weighted by Crippen LogP contribution is 2.43. The van der Waals surface area contributed by atoms with Crippen molar-refractivity contribution in [3.63, 3.8) is 0 Å². The predicted octanol–water partition coefficient (Wildman–Crippen LogP) is 12.8. The van der Waals surface area contributed by atoms with Gasteiger partial charge in [0.05, 0.1) is 11.1 Å². The fourth-order valence-corrected chi connectivity index (χ4v) is 7.51. The minimum absolute atomic E-state index is 0.546. The SMILES string of the molecule is c1ccc(-c2ccc3oc4nc(-c5ccccc5)nc(-c5cccc6oc7ccc(-c8ccc9oc%10ccccc%10c9c8)cc7c56)c4c3c2)cc1. The van der Waals surface area contributed by atoms with Crippen molar-refractivity contribution in [1.29, 1.82) is 0 Å². The summed E-state index contributed by atoms with van der Waals surface area (Å²) in [6.45, 7) is 0. The van der Waals surface area contributed by atoms with Crippen LogP contribution in [-0.2, 0) is 0 Å². The number of aromatic nitrogens is 2. The summed E-state index contributed by atoms with van der Waals surface area (Å²) >= 11 is 0. The fourth-order valence-electron chi connectivity index (χ4n) is 7.51. The number of nitrogens with zero attached hydrogens (tertiary/aromatic N) is 2. The Morgan fingerprint density at radius 2 is 0.882 bits per heavy atom. The van der Waals surface area contributed by atoms with Gasteiger partial charge in [-0.1, -0.05) is 109 Å². The van der Waals surface area contributed by atoms with Crippen molar-refractivity contribution in [2.45, 2.75) is 0 Å². The third-order valence-corrected chi connectivity index (χ3v) is 9.93. The molecule has 0 N–H and O–H groups in total. The third-order valence-electron chi connectivity index (χ3n) is 9.93. The molecule has 51 heavy (non-hydrogen) atoms. The first kappa shape index (κ1) is 27.9. The summed E-state index contributed by atoms with van der Waals surface area (Å²) in [7, 11) is 0. The van der Waals surface area contributed by atoms with E-state index in [4.69, 9.17) is 23.2 Å². The van der Waals surface area contributed by atoms with Crippen LogP contribution < -0.4 is 0 Å². The van der Waals surface area contributed by atoms with Gasteiger partial charge in [-0.25, -0.2) is 4.98 Å². The highest BCUT2D eigenvalue weighted by molar-refractivity contribution is 6.19. The van der Waals surface area contributed by atoms with Crippen LogP contribution in [-0.4, -0.2) is 9.97 Å². The van der Waals surface area contributed by atoms with Crippen LogP contribution in [0.1, 0.15) is 0 Å². The molecular formula is C46H26N2O3. The molecule has 0 bridgehead atoms. The fraction of sp³-hybridized carbons (Fsp3) is 0. The standard InChI is InChI=1S/C46H26N2O3/c1-3-10-27(11-4-1)29-18-23-40-36(25-29)43-44(47-45(48-46(43)51-40)28-12-5-2-6-13-28)33-15-9-17-41-42(33)35-26-31(20-22-39(35)50-41)30-19-21-38-34(24-30)32-14-7-8-16-37(32)49-38/h1-26H. The van der Waals surface area contributed by atoms with E-state index in [2.05, 4.69) is 84.9 Å². The largest absolute Gasteiger partial charge is 0.456 e. The molecule has 5 heteroatoms. The Morgan fingerprint density at radius 3 is 1.65 bits per heavy atom. The molecule has 0 fully saturated rings. The van der Waals surface area contributed by atoms with Gasteiger partial charge in [0.1, 0.15) is 27.9 Å². The second-order valence-corrected chi connectivity index (χ2v) is 12.9. The first-order valence-electron chi connectivity index (χ1n) is 17.0. The van der Waals surface area contributed by atoms with E-state index in [1.807, 2.05) is 72.8 Å². The van der Waals surface area contributed by atoms with Gasteiger partial charge in [-0.15, -0.1) is 0 Å². The summed E-state index contributed by atoms with van der Waals surface area (Å²) in [5.74, 6) is 0.603. The Bertz CT molecular complexity index is 3130. The normalized spacial score (nSPS) is 11.9. The topological polar surface area (TPSA) is 65.2 Å². The van der Waals surface area contributed by atoms with E-state index >= 15 is 0 Å². The zero-order valence-electron chi connectivity index (χ0n) is 27.1. The van der Waals surface area contributed by atoms with Crippen molar-refractivity contribution in [1.82, 2.24) is 9.97 Å². The van der Waals surface area contributed by atoms with Crippen molar-refractivity contribution in [2.24, 2.45) is 0 Å². The number of rotatable bonds is 4. The summed E-state index contributed by atoms with van der Waals surface area (Å²) in [6, 6.07) is 54.0. The summed E-state index contributed by atoms with van der Waals surface area (Å²) in [4.78, 5) is 10.3. The van der Waals surface area contributed by atoms with Gasteiger partial charge in [0.2, 0.25) is 5.71 Å². The molecule has 7 aromatic carbocycles. The lowest BCUT2D eigenvalue weighted by atomic mass is 9.97. The molecule has 5 nitrogen and oxygen atoms in total. The van der Waals surface area contributed by atoms with Gasteiger partial charge in [0, 0.05) is 38.1 Å². The van der Waals surface area contributed by atoms with Crippen LogP contribution in [0.4, 0.5) is 0 Å².